The van der Waals surface area contributed by atoms with E-state index in [0.717, 1.165) is 6.42 Å². The number of carbonyl (C=O) groups excluding carboxylic acids is 1. The molecule has 0 aliphatic heterocycles. The van der Waals surface area contributed by atoms with Crippen LogP contribution in [0, 0.1) is 5.92 Å². The van der Waals surface area contributed by atoms with Gasteiger partial charge in [0, 0.05) is 26.1 Å². The summed E-state index contributed by atoms with van der Waals surface area (Å²) in [5, 5.41) is 9.84. The summed E-state index contributed by atoms with van der Waals surface area (Å²) in [6.07, 6.45) is 0.804. The van der Waals surface area contributed by atoms with Crippen molar-refractivity contribution in [2.45, 2.75) is 33.3 Å². The van der Waals surface area contributed by atoms with Crippen LogP contribution in [0.2, 0.25) is 5.02 Å². The van der Waals surface area contributed by atoms with Gasteiger partial charge in [-0.3, -0.25) is 9.79 Å². The van der Waals surface area contributed by atoms with Crippen molar-refractivity contribution in [1.29, 1.82) is 0 Å². The number of carbonyl (C=O) groups is 1. The summed E-state index contributed by atoms with van der Waals surface area (Å²) < 4.78 is 5.94. The molecule has 0 aromatic heterocycles. The first-order valence-corrected chi connectivity index (χ1v) is 8.99. The van der Waals surface area contributed by atoms with Crippen LogP contribution in [0.25, 0.3) is 0 Å². The molecular weight excluding hydrogens is 467 g/mol. The molecule has 1 aromatic carbocycles. The average molecular weight is 497 g/mol. The van der Waals surface area contributed by atoms with Crippen LogP contribution in [0.4, 0.5) is 0 Å². The second kappa shape index (κ2) is 13.9. The molecule has 3 N–H and O–H groups in total. The van der Waals surface area contributed by atoms with Gasteiger partial charge in [0.05, 0.1) is 11.6 Å². The number of amides is 1. The van der Waals surface area contributed by atoms with Crippen molar-refractivity contribution in [2.24, 2.45) is 10.9 Å². The van der Waals surface area contributed by atoms with Gasteiger partial charge in [0.15, 0.2) is 5.96 Å². The molecule has 0 saturated carbocycles. The summed E-state index contributed by atoms with van der Waals surface area (Å²) >= 11 is 6.13. The van der Waals surface area contributed by atoms with E-state index in [0.29, 0.717) is 36.4 Å². The third kappa shape index (κ3) is 9.47. The van der Waals surface area contributed by atoms with E-state index >= 15 is 0 Å². The number of aliphatic imine (C=N–C) groups is 1. The number of guanidine groups is 1. The first-order chi connectivity index (χ1) is 12.0. The van der Waals surface area contributed by atoms with E-state index in [2.05, 4.69) is 27.9 Å². The average Bonchev–Trinajstić information content (AvgIpc) is 2.61. The maximum absolute atomic E-state index is 11.5. The molecule has 1 unspecified atom stereocenters. The van der Waals surface area contributed by atoms with Crippen molar-refractivity contribution < 1.29 is 9.53 Å². The Balaban J connectivity index is 0.00000625. The highest BCUT2D eigenvalue weighted by molar-refractivity contribution is 14.0. The number of nitrogens with zero attached hydrogens (tertiary/aromatic N) is 1. The first-order valence-electron chi connectivity index (χ1n) is 8.61. The zero-order valence-corrected chi connectivity index (χ0v) is 18.9. The predicted molar refractivity (Wildman–Crippen MR) is 119 cm³/mol. The topological polar surface area (TPSA) is 74.8 Å². The molecule has 1 aromatic rings. The number of benzene rings is 1. The maximum Gasteiger partial charge on any atom is 0.222 e. The number of halogens is 2. The lowest BCUT2D eigenvalue weighted by Crippen LogP contribution is -2.45. The second-order valence-electron chi connectivity index (χ2n) is 5.90. The molecule has 0 aliphatic carbocycles. The van der Waals surface area contributed by atoms with E-state index in [9.17, 15) is 4.79 Å². The van der Waals surface area contributed by atoms with Crippen LogP contribution >= 0.6 is 35.6 Å². The molecule has 0 fully saturated rings. The van der Waals surface area contributed by atoms with Crippen LogP contribution in [0.15, 0.2) is 29.3 Å². The monoisotopic (exact) mass is 496 g/mol. The van der Waals surface area contributed by atoms with E-state index < -0.39 is 0 Å². The van der Waals surface area contributed by atoms with Crippen LogP contribution in [0.5, 0.6) is 5.75 Å². The SMILES string of the molecule is CCC(CNC(=NC)NCCNC(=O)C(C)C)Oc1ccccc1Cl.I. The lowest BCUT2D eigenvalue weighted by molar-refractivity contribution is -0.123. The quantitative estimate of drug-likeness (QED) is 0.213. The van der Waals surface area contributed by atoms with Gasteiger partial charge < -0.3 is 20.7 Å². The van der Waals surface area contributed by atoms with E-state index in [1.165, 1.54) is 0 Å². The molecule has 0 spiro atoms. The molecule has 0 saturated heterocycles. The van der Waals surface area contributed by atoms with Gasteiger partial charge in [-0.1, -0.05) is 44.5 Å². The smallest absolute Gasteiger partial charge is 0.222 e. The third-order valence-corrected chi connectivity index (χ3v) is 3.86. The number of ether oxygens (including phenoxy) is 1. The second-order valence-corrected chi connectivity index (χ2v) is 6.31. The van der Waals surface area contributed by atoms with Gasteiger partial charge in [-0.25, -0.2) is 0 Å². The Morgan fingerprint density at radius 3 is 2.42 bits per heavy atom. The van der Waals surface area contributed by atoms with E-state index in [-0.39, 0.29) is 41.9 Å². The highest BCUT2D eigenvalue weighted by Crippen LogP contribution is 2.24. The minimum absolute atomic E-state index is 0. The van der Waals surface area contributed by atoms with Crippen LogP contribution < -0.4 is 20.7 Å². The minimum Gasteiger partial charge on any atom is -0.487 e. The predicted octanol–water partition coefficient (Wildman–Crippen LogP) is 3.05. The Morgan fingerprint density at radius 2 is 1.85 bits per heavy atom. The largest absolute Gasteiger partial charge is 0.487 e. The third-order valence-electron chi connectivity index (χ3n) is 3.55. The number of nitrogens with one attached hydrogen (secondary N) is 3. The van der Waals surface area contributed by atoms with Crippen molar-refractivity contribution in [3.63, 3.8) is 0 Å². The number of hydrogen-bond donors (Lipinski definition) is 3. The van der Waals surface area contributed by atoms with Crippen LogP contribution in [-0.2, 0) is 4.79 Å². The van der Waals surface area contributed by atoms with Gasteiger partial charge >= 0.3 is 0 Å². The van der Waals surface area contributed by atoms with E-state index in [1.54, 1.807) is 7.05 Å². The van der Waals surface area contributed by atoms with E-state index in [1.807, 2.05) is 38.1 Å². The summed E-state index contributed by atoms with van der Waals surface area (Å²) in [7, 11) is 1.71. The molecular formula is C18H30ClIN4O2. The zero-order valence-electron chi connectivity index (χ0n) is 15.8. The molecule has 26 heavy (non-hydrogen) atoms. The van der Waals surface area contributed by atoms with Crippen molar-refractivity contribution in [2.75, 3.05) is 26.7 Å². The van der Waals surface area contributed by atoms with Crippen molar-refractivity contribution in [1.82, 2.24) is 16.0 Å². The van der Waals surface area contributed by atoms with Crippen LogP contribution in [-0.4, -0.2) is 44.7 Å². The molecule has 148 valence electrons. The highest BCUT2D eigenvalue weighted by atomic mass is 127. The molecule has 8 heteroatoms. The van der Waals surface area contributed by atoms with E-state index in [4.69, 9.17) is 16.3 Å². The van der Waals surface area contributed by atoms with Gasteiger partial charge in [0.2, 0.25) is 5.91 Å². The molecule has 1 atom stereocenters. The lowest BCUT2D eigenvalue weighted by atomic mass is 10.2. The number of para-hydroxylation sites is 1. The number of hydrogen-bond acceptors (Lipinski definition) is 3. The Morgan fingerprint density at radius 1 is 1.19 bits per heavy atom. The molecule has 0 heterocycles. The summed E-state index contributed by atoms with van der Waals surface area (Å²) in [4.78, 5) is 15.7. The Labute approximate surface area is 178 Å². The Kier molecular flexibility index (Phi) is 13.3. The van der Waals surface area contributed by atoms with Gasteiger partial charge in [-0.2, -0.15) is 0 Å². The summed E-state index contributed by atoms with van der Waals surface area (Å²) in [5.74, 6) is 1.38. The number of rotatable bonds is 9. The Hall–Kier alpha value is -1.22. The van der Waals surface area contributed by atoms with Crippen LogP contribution in [0.3, 0.4) is 0 Å². The van der Waals surface area contributed by atoms with Gasteiger partial charge in [-0.15, -0.1) is 24.0 Å². The molecule has 1 rings (SSSR count). The molecule has 0 radical (unpaired) electrons. The van der Waals surface area contributed by atoms with Crippen molar-refractivity contribution in [3.05, 3.63) is 29.3 Å². The maximum atomic E-state index is 11.5. The normalized spacial score (nSPS) is 12.2. The van der Waals surface area contributed by atoms with Gasteiger partial charge in [0.25, 0.3) is 0 Å². The van der Waals surface area contributed by atoms with Gasteiger partial charge in [0.1, 0.15) is 11.9 Å². The zero-order chi connectivity index (χ0) is 18.7. The fourth-order valence-electron chi connectivity index (χ4n) is 1.99. The highest BCUT2D eigenvalue weighted by Gasteiger charge is 2.11. The fourth-order valence-corrected chi connectivity index (χ4v) is 2.17. The molecule has 1 amide bonds. The lowest BCUT2D eigenvalue weighted by Gasteiger charge is -2.20. The fraction of sp³-hybridized carbons (Fsp3) is 0.556. The van der Waals surface area contributed by atoms with Crippen molar-refractivity contribution in [3.8, 4) is 5.75 Å². The van der Waals surface area contributed by atoms with Crippen LogP contribution in [0.1, 0.15) is 27.2 Å². The van der Waals surface area contributed by atoms with Gasteiger partial charge in [-0.05, 0) is 18.6 Å². The standard InChI is InChI=1S/C18H29ClN4O2.HI/c1-5-14(25-16-9-7-6-8-15(16)19)12-23-18(20-4)22-11-10-21-17(24)13(2)3;/h6-9,13-14H,5,10-12H2,1-4H3,(H,21,24)(H2,20,22,23);1H. The first kappa shape index (κ1) is 24.8. The molecule has 0 bridgehead atoms. The molecule has 0 aliphatic rings. The summed E-state index contributed by atoms with van der Waals surface area (Å²) in [6.45, 7) is 7.53. The Bertz CT molecular complexity index is 570. The summed E-state index contributed by atoms with van der Waals surface area (Å²) in [6, 6.07) is 7.43. The molecule has 6 nitrogen and oxygen atoms in total. The minimum atomic E-state index is -0.0286. The van der Waals surface area contributed by atoms with Crippen molar-refractivity contribution >= 4 is 47.4 Å². The summed E-state index contributed by atoms with van der Waals surface area (Å²) in [5.41, 5.74) is 0.